The maximum Gasteiger partial charge on any atom is 0.141 e. The minimum atomic E-state index is -0.673. The minimum absolute atomic E-state index is 0.143. The van der Waals surface area contributed by atoms with Crippen molar-refractivity contribution in [2.45, 2.75) is 12.5 Å². The Labute approximate surface area is 100 Å². The normalized spacial score (nSPS) is 12.2. The lowest BCUT2D eigenvalue weighted by Crippen LogP contribution is -2.26. The van der Waals surface area contributed by atoms with E-state index in [-0.39, 0.29) is 13.2 Å². The molecule has 0 aliphatic heterocycles. The van der Waals surface area contributed by atoms with Crippen molar-refractivity contribution in [3.05, 3.63) is 41.4 Å². The van der Waals surface area contributed by atoms with Crippen LogP contribution in [-0.2, 0) is 6.42 Å². The molecular formula is C12H16ClNO2. The maximum absolute atomic E-state index is 9.32. The van der Waals surface area contributed by atoms with Gasteiger partial charge in [0.15, 0.2) is 0 Å². The van der Waals surface area contributed by atoms with Crippen LogP contribution in [0.3, 0.4) is 0 Å². The highest BCUT2D eigenvalue weighted by Crippen LogP contribution is 2.29. The van der Waals surface area contributed by atoms with Crippen LogP contribution in [0, 0.1) is 0 Å². The van der Waals surface area contributed by atoms with Gasteiger partial charge in [-0.1, -0.05) is 29.8 Å². The number of hydrogen-bond donors (Lipinski definition) is 2. The zero-order valence-electron chi connectivity index (χ0n) is 9.03. The van der Waals surface area contributed by atoms with Gasteiger partial charge in [0.05, 0.1) is 5.02 Å². The number of halogens is 1. The molecule has 0 saturated carbocycles. The van der Waals surface area contributed by atoms with Crippen molar-refractivity contribution >= 4 is 11.6 Å². The SMILES string of the molecule is C=CCc1cccc(Cl)c1OCC(O)CN. The molecule has 4 heteroatoms. The molecule has 0 radical (unpaired) electrons. The molecule has 0 aliphatic rings. The van der Waals surface area contributed by atoms with E-state index in [0.717, 1.165) is 5.56 Å². The molecule has 3 N–H and O–H groups in total. The molecule has 88 valence electrons. The zero-order chi connectivity index (χ0) is 12.0. The standard InChI is InChI=1S/C12H16ClNO2/c1-2-4-9-5-3-6-11(13)12(9)16-8-10(15)7-14/h2-3,5-6,10,15H,1,4,7-8,14H2. The number of para-hydroxylation sites is 1. The maximum atomic E-state index is 9.32. The van der Waals surface area contributed by atoms with Gasteiger partial charge in [0.25, 0.3) is 0 Å². The first-order valence-corrected chi connectivity index (χ1v) is 5.46. The van der Waals surface area contributed by atoms with Gasteiger partial charge >= 0.3 is 0 Å². The van der Waals surface area contributed by atoms with E-state index >= 15 is 0 Å². The second kappa shape index (κ2) is 6.53. The third-order valence-electron chi connectivity index (χ3n) is 2.10. The Bertz CT molecular complexity index is 355. The summed E-state index contributed by atoms with van der Waals surface area (Å²) in [7, 11) is 0. The van der Waals surface area contributed by atoms with Crippen molar-refractivity contribution < 1.29 is 9.84 Å². The lowest BCUT2D eigenvalue weighted by Gasteiger charge is -2.14. The summed E-state index contributed by atoms with van der Waals surface area (Å²) in [5, 5.41) is 9.85. The minimum Gasteiger partial charge on any atom is -0.489 e. The van der Waals surface area contributed by atoms with Gasteiger partial charge in [0.2, 0.25) is 0 Å². The molecule has 0 spiro atoms. The number of benzene rings is 1. The molecule has 1 aromatic rings. The van der Waals surface area contributed by atoms with Crippen molar-refractivity contribution in [2.24, 2.45) is 5.73 Å². The van der Waals surface area contributed by atoms with E-state index in [2.05, 4.69) is 6.58 Å². The summed E-state index contributed by atoms with van der Waals surface area (Å²) in [5.41, 5.74) is 6.24. The fourth-order valence-electron chi connectivity index (χ4n) is 1.28. The molecule has 3 nitrogen and oxygen atoms in total. The average Bonchev–Trinajstić information content (AvgIpc) is 2.28. The summed E-state index contributed by atoms with van der Waals surface area (Å²) >= 11 is 6.02. The smallest absolute Gasteiger partial charge is 0.141 e. The molecule has 1 rings (SSSR count). The lowest BCUT2D eigenvalue weighted by atomic mass is 10.1. The quantitative estimate of drug-likeness (QED) is 0.747. The first-order valence-electron chi connectivity index (χ1n) is 5.08. The Hall–Kier alpha value is -1.03. The van der Waals surface area contributed by atoms with E-state index in [1.165, 1.54) is 0 Å². The summed E-state index contributed by atoms with van der Waals surface area (Å²) in [6.07, 6.45) is 1.78. The second-order valence-corrected chi connectivity index (χ2v) is 3.83. The molecule has 0 amide bonds. The number of rotatable bonds is 6. The fourth-order valence-corrected chi connectivity index (χ4v) is 1.53. The van der Waals surface area contributed by atoms with E-state index in [0.29, 0.717) is 17.2 Å². The number of hydrogen-bond acceptors (Lipinski definition) is 3. The average molecular weight is 242 g/mol. The van der Waals surface area contributed by atoms with Crippen LogP contribution in [-0.4, -0.2) is 24.4 Å². The van der Waals surface area contributed by atoms with Crippen molar-refractivity contribution in [3.63, 3.8) is 0 Å². The third kappa shape index (κ3) is 3.52. The van der Waals surface area contributed by atoms with Crippen LogP contribution >= 0.6 is 11.6 Å². The van der Waals surface area contributed by atoms with E-state index < -0.39 is 6.10 Å². The molecule has 0 bridgehead atoms. The fraction of sp³-hybridized carbons (Fsp3) is 0.333. The summed E-state index contributed by atoms with van der Waals surface area (Å²) in [6, 6.07) is 5.52. The van der Waals surface area contributed by atoms with Gasteiger partial charge in [-0.05, 0) is 18.1 Å². The van der Waals surface area contributed by atoms with Crippen LogP contribution in [0.2, 0.25) is 5.02 Å². The van der Waals surface area contributed by atoms with E-state index in [1.54, 1.807) is 12.1 Å². The largest absolute Gasteiger partial charge is 0.489 e. The molecule has 1 aromatic carbocycles. The second-order valence-electron chi connectivity index (χ2n) is 3.42. The van der Waals surface area contributed by atoms with Gasteiger partial charge in [-0.3, -0.25) is 0 Å². The van der Waals surface area contributed by atoms with Crippen LogP contribution in [0.1, 0.15) is 5.56 Å². The van der Waals surface area contributed by atoms with Crippen LogP contribution in [0.15, 0.2) is 30.9 Å². The van der Waals surface area contributed by atoms with E-state index in [4.69, 9.17) is 22.1 Å². The molecule has 0 fully saturated rings. The molecule has 0 heterocycles. The number of aliphatic hydroxyl groups excluding tert-OH is 1. The van der Waals surface area contributed by atoms with Crippen molar-refractivity contribution in [1.29, 1.82) is 0 Å². The Balaban J connectivity index is 2.79. The molecular weight excluding hydrogens is 226 g/mol. The van der Waals surface area contributed by atoms with Crippen molar-refractivity contribution in [1.82, 2.24) is 0 Å². The van der Waals surface area contributed by atoms with E-state index in [1.807, 2.05) is 12.1 Å². The van der Waals surface area contributed by atoms with Crippen LogP contribution in [0.5, 0.6) is 5.75 Å². The van der Waals surface area contributed by atoms with Gasteiger partial charge in [-0.25, -0.2) is 0 Å². The molecule has 0 aromatic heterocycles. The molecule has 1 unspecified atom stereocenters. The number of aliphatic hydroxyl groups is 1. The summed E-state index contributed by atoms with van der Waals surface area (Å²) < 4.78 is 5.46. The van der Waals surface area contributed by atoms with Crippen LogP contribution in [0.4, 0.5) is 0 Å². The first kappa shape index (κ1) is 13.0. The van der Waals surface area contributed by atoms with E-state index in [9.17, 15) is 5.11 Å². The zero-order valence-corrected chi connectivity index (χ0v) is 9.78. The van der Waals surface area contributed by atoms with Gasteiger partial charge in [0, 0.05) is 6.54 Å². The van der Waals surface area contributed by atoms with Gasteiger partial charge in [-0.2, -0.15) is 0 Å². The Kier molecular flexibility index (Phi) is 5.32. The number of ether oxygens (including phenoxy) is 1. The summed E-state index contributed by atoms with van der Waals surface area (Å²) in [5.74, 6) is 0.594. The van der Waals surface area contributed by atoms with Crippen molar-refractivity contribution in [3.8, 4) is 5.75 Å². The number of allylic oxidation sites excluding steroid dienone is 1. The first-order chi connectivity index (χ1) is 7.69. The highest BCUT2D eigenvalue weighted by Gasteiger charge is 2.09. The Morgan fingerprint density at radius 2 is 2.31 bits per heavy atom. The Morgan fingerprint density at radius 1 is 1.56 bits per heavy atom. The highest BCUT2D eigenvalue weighted by molar-refractivity contribution is 6.32. The number of nitrogens with two attached hydrogens (primary N) is 1. The monoisotopic (exact) mass is 241 g/mol. The summed E-state index contributed by atoms with van der Waals surface area (Å²) in [6.45, 7) is 3.98. The highest BCUT2D eigenvalue weighted by atomic mass is 35.5. The van der Waals surface area contributed by atoms with Gasteiger partial charge in [-0.15, -0.1) is 6.58 Å². The molecule has 1 atom stereocenters. The van der Waals surface area contributed by atoms with Crippen LogP contribution < -0.4 is 10.5 Å². The Morgan fingerprint density at radius 3 is 2.94 bits per heavy atom. The topological polar surface area (TPSA) is 55.5 Å². The molecule has 16 heavy (non-hydrogen) atoms. The molecule has 0 aliphatic carbocycles. The van der Waals surface area contributed by atoms with Crippen molar-refractivity contribution in [2.75, 3.05) is 13.2 Å². The van der Waals surface area contributed by atoms with Crippen LogP contribution in [0.25, 0.3) is 0 Å². The van der Waals surface area contributed by atoms with Gasteiger partial charge < -0.3 is 15.6 Å². The predicted octanol–water partition coefficient (Wildman–Crippen LogP) is 1.77. The van der Waals surface area contributed by atoms with Gasteiger partial charge in [0.1, 0.15) is 18.5 Å². The predicted molar refractivity (Wildman–Crippen MR) is 65.9 cm³/mol. The lowest BCUT2D eigenvalue weighted by molar-refractivity contribution is 0.114. The third-order valence-corrected chi connectivity index (χ3v) is 2.40. The summed E-state index contributed by atoms with van der Waals surface area (Å²) in [4.78, 5) is 0. The molecule has 0 saturated heterocycles.